The summed E-state index contributed by atoms with van der Waals surface area (Å²) in [6, 6.07) is 0. The molecule has 23 heavy (non-hydrogen) atoms. The van der Waals surface area contributed by atoms with Crippen LogP contribution in [0.4, 0.5) is 0 Å². The largest absolute Gasteiger partial charge is 0.394 e. The van der Waals surface area contributed by atoms with Gasteiger partial charge < -0.3 is 25.8 Å². The highest BCUT2D eigenvalue weighted by molar-refractivity contribution is 5.93. The van der Waals surface area contributed by atoms with E-state index in [-0.39, 0.29) is 11.4 Å². The lowest BCUT2D eigenvalue weighted by Gasteiger charge is -2.17. The molecule has 0 spiro atoms. The van der Waals surface area contributed by atoms with Gasteiger partial charge in [-0.05, 0) is 11.8 Å². The molecule has 1 amide bonds. The van der Waals surface area contributed by atoms with Crippen LogP contribution in [-0.4, -0.2) is 55.7 Å². The quantitative estimate of drug-likeness (QED) is 0.525. The molecule has 1 aliphatic heterocycles. The number of aliphatic hydroxyl groups excluding tert-OH is 3. The van der Waals surface area contributed by atoms with E-state index in [1.165, 1.54) is 10.9 Å². The lowest BCUT2D eigenvalue weighted by molar-refractivity contribution is -0.0531. The second kappa shape index (κ2) is 7.10. The molecular formula is C15H21N3O5. The van der Waals surface area contributed by atoms with E-state index in [0.29, 0.717) is 12.3 Å². The second-order valence-corrected chi connectivity index (χ2v) is 5.84. The Morgan fingerprint density at radius 2 is 2.17 bits per heavy atom. The summed E-state index contributed by atoms with van der Waals surface area (Å²) in [7, 11) is 0. The summed E-state index contributed by atoms with van der Waals surface area (Å²) in [6.07, 6.45) is -2.58. The van der Waals surface area contributed by atoms with Crippen LogP contribution in [0.3, 0.4) is 0 Å². The van der Waals surface area contributed by atoms with Crippen LogP contribution in [0.25, 0.3) is 0 Å². The van der Waals surface area contributed by atoms with Crippen molar-refractivity contribution in [1.82, 2.24) is 9.55 Å². The van der Waals surface area contributed by atoms with Crippen molar-refractivity contribution in [2.24, 2.45) is 11.7 Å². The molecule has 0 bridgehead atoms. The zero-order chi connectivity index (χ0) is 17.1. The van der Waals surface area contributed by atoms with Crippen molar-refractivity contribution in [1.29, 1.82) is 0 Å². The van der Waals surface area contributed by atoms with Gasteiger partial charge in [0, 0.05) is 6.42 Å². The molecule has 1 aromatic rings. The molecule has 0 saturated carbocycles. The summed E-state index contributed by atoms with van der Waals surface area (Å²) in [5, 5.41) is 29.1. The van der Waals surface area contributed by atoms with Gasteiger partial charge >= 0.3 is 0 Å². The third-order valence-electron chi connectivity index (χ3n) is 3.54. The average molecular weight is 323 g/mol. The fourth-order valence-electron chi connectivity index (χ4n) is 2.31. The minimum atomic E-state index is -1.28. The van der Waals surface area contributed by atoms with E-state index < -0.39 is 37.1 Å². The zero-order valence-corrected chi connectivity index (χ0v) is 13.0. The van der Waals surface area contributed by atoms with Gasteiger partial charge in [0.25, 0.3) is 5.91 Å². The Bertz CT molecular complexity index is 631. The molecular weight excluding hydrogens is 302 g/mol. The van der Waals surface area contributed by atoms with E-state index in [2.05, 4.69) is 16.8 Å². The number of amides is 1. The molecule has 1 unspecified atom stereocenters. The first-order chi connectivity index (χ1) is 10.9. The summed E-state index contributed by atoms with van der Waals surface area (Å²) in [5.41, 5.74) is 5.49. The Kier molecular flexibility index (Phi) is 5.38. The SMILES string of the molecule is CC(C)CC#Cc1c(C(N)=O)ncn1C1O[C@H](CO)[C@@H](O)[C@H]1O. The van der Waals surface area contributed by atoms with Gasteiger partial charge in [0.1, 0.15) is 24.0 Å². The molecule has 0 aromatic carbocycles. The maximum Gasteiger partial charge on any atom is 0.270 e. The Labute approximate surface area is 133 Å². The average Bonchev–Trinajstić information content (AvgIpc) is 3.02. The number of hydrogen-bond acceptors (Lipinski definition) is 6. The topological polar surface area (TPSA) is 131 Å². The van der Waals surface area contributed by atoms with Crippen molar-refractivity contribution in [2.45, 2.75) is 44.8 Å². The lowest BCUT2D eigenvalue weighted by Crippen LogP contribution is -2.33. The molecule has 8 nitrogen and oxygen atoms in total. The first-order valence-corrected chi connectivity index (χ1v) is 7.34. The number of primary amides is 1. The van der Waals surface area contributed by atoms with Gasteiger partial charge in [-0.25, -0.2) is 4.98 Å². The van der Waals surface area contributed by atoms with Crippen molar-refractivity contribution >= 4 is 5.91 Å². The Balaban J connectivity index is 2.38. The van der Waals surface area contributed by atoms with Gasteiger partial charge in [-0.1, -0.05) is 19.8 Å². The van der Waals surface area contributed by atoms with Gasteiger partial charge in [0.2, 0.25) is 0 Å². The molecule has 4 atom stereocenters. The van der Waals surface area contributed by atoms with Crippen LogP contribution in [-0.2, 0) is 4.74 Å². The van der Waals surface area contributed by atoms with Crippen molar-refractivity contribution < 1.29 is 24.9 Å². The van der Waals surface area contributed by atoms with E-state index in [4.69, 9.17) is 15.6 Å². The second-order valence-electron chi connectivity index (χ2n) is 5.84. The van der Waals surface area contributed by atoms with Crippen LogP contribution in [0.2, 0.25) is 0 Å². The minimum absolute atomic E-state index is 0.0287. The monoisotopic (exact) mass is 323 g/mol. The first-order valence-electron chi connectivity index (χ1n) is 7.34. The molecule has 8 heteroatoms. The molecule has 2 rings (SSSR count). The Hall–Kier alpha value is -1.92. The van der Waals surface area contributed by atoms with Gasteiger partial charge in [-0.2, -0.15) is 0 Å². The number of carbonyl (C=O) groups excluding carboxylic acids is 1. The molecule has 1 saturated heterocycles. The summed E-state index contributed by atoms with van der Waals surface area (Å²) in [6.45, 7) is 3.57. The van der Waals surface area contributed by atoms with Gasteiger partial charge in [0.15, 0.2) is 11.9 Å². The first kappa shape index (κ1) is 17.4. The van der Waals surface area contributed by atoms with Gasteiger partial charge in [-0.3, -0.25) is 9.36 Å². The van der Waals surface area contributed by atoms with Gasteiger partial charge in [0.05, 0.1) is 12.9 Å². The summed E-state index contributed by atoms with van der Waals surface area (Å²) in [5.74, 6) is 5.37. The maximum atomic E-state index is 11.5. The minimum Gasteiger partial charge on any atom is -0.394 e. The number of carbonyl (C=O) groups is 1. The molecule has 0 aliphatic carbocycles. The van der Waals surface area contributed by atoms with E-state index in [9.17, 15) is 15.0 Å². The highest BCUT2D eigenvalue weighted by Gasteiger charge is 2.44. The molecule has 1 fully saturated rings. The van der Waals surface area contributed by atoms with Crippen molar-refractivity contribution in [3.63, 3.8) is 0 Å². The highest BCUT2D eigenvalue weighted by Crippen LogP contribution is 2.30. The number of ether oxygens (including phenoxy) is 1. The number of nitrogens with zero attached hydrogens (tertiary/aromatic N) is 2. The van der Waals surface area contributed by atoms with Gasteiger partial charge in [-0.15, -0.1) is 0 Å². The standard InChI is InChI=1S/C15H21N3O5/c1-8(2)4-3-5-9-11(14(16)22)17-7-18(9)15-13(21)12(20)10(6-19)23-15/h7-8,10,12-13,15,19-21H,4,6H2,1-2H3,(H2,16,22)/t10-,12-,13-,15?/m1/s1. The third-order valence-corrected chi connectivity index (χ3v) is 3.54. The van der Waals surface area contributed by atoms with Crippen molar-refractivity contribution in [2.75, 3.05) is 6.61 Å². The van der Waals surface area contributed by atoms with E-state index in [0.717, 1.165) is 0 Å². The van der Waals surface area contributed by atoms with E-state index >= 15 is 0 Å². The van der Waals surface area contributed by atoms with E-state index in [1.54, 1.807) is 0 Å². The van der Waals surface area contributed by atoms with Crippen molar-refractivity contribution in [3.8, 4) is 11.8 Å². The summed E-state index contributed by atoms with van der Waals surface area (Å²) < 4.78 is 6.79. The smallest absolute Gasteiger partial charge is 0.270 e. The number of aliphatic hydroxyl groups is 3. The summed E-state index contributed by atoms with van der Waals surface area (Å²) in [4.78, 5) is 15.4. The predicted octanol–water partition coefficient (Wildman–Crippen LogP) is -1.01. The summed E-state index contributed by atoms with van der Waals surface area (Å²) >= 11 is 0. The highest BCUT2D eigenvalue weighted by atomic mass is 16.6. The lowest BCUT2D eigenvalue weighted by atomic mass is 10.1. The molecule has 1 aliphatic rings. The maximum absolute atomic E-state index is 11.5. The number of hydrogen-bond donors (Lipinski definition) is 4. The molecule has 1 aromatic heterocycles. The fourth-order valence-corrected chi connectivity index (χ4v) is 2.31. The van der Waals surface area contributed by atoms with Crippen LogP contribution in [0.5, 0.6) is 0 Å². The normalized spacial score (nSPS) is 27.0. The molecule has 0 radical (unpaired) electrons. The zero-order valence-electron chi connectivity index (χ0n) is 13.0. The fraction of sp³-hybridized carbons (Fsp3) is 0.600. The van der Waals surface area contributed by atoms with Crippen LogP contribution in [0.15, 0.2) is 6.33 Å². The Morgan fingerprint density at radius 3 is 2.70 bits per heavy atom. The van der Waals surface area contributed by atoms with Crippen molar-refractivity contribution in [3.05, 3.63) is 17.7 Å². The van der Waals surface area contributed by atoms with Crippen LogP contribution < -0.4 is 5.73 Å². The molecule has 5 N–H and O–H groups in total. The number of nitrogens with two attached hydrogens (primary N) is 1. The number of aromatic nitrogens is 2. The van der Waals surface area contributed by atoms with Crippen LogP contribution in [0, 0.1) is 17.8 Å². The molecule has 2 heterocycles. The number of imidazole rings is 1. The number of rotatable bonds is 4. The third kappa shape index (κ3) is 3.54. The van der Waals surface area contributed by atoms with Crippen LogP contribution >= 0.6 is 0 Å². The molecule has 126 valence electrons. The van der Waals surface area contributed by atoms with Crippen LogP contribution in [0.1, 0.15) is 42.7 Å². The Morgan fingerprint density at radius 1 is 1.48 bits per heavy atom. The predicted molar refractivity (Wildman–Crippen MR) is 80.1 cm³/mol. The van der Waals surface area contributed by atoms with E-state index in [1.807, 2.05) is 13.8 Å².